The Balaban J connectivity index is 4.30. The zero-order chi connectivity index (χ0) is 15.5. The van der Waals surface area contributed by atoms with E-state index in [4.69, 9.17) is 5.84 Å². The van der Waals surface area contributed by atoms with Gasteiger partial charge in [-0.1, -0.05) is 13.8 Å². The first-order valence-electron chi connectivity index (χ1n) is 6.60. The second-order valence-electron chi connectivity index (χ2n) is 4.14. The van der Waals surface area contributed by atoms with Gasteiger partial charge >= 0.3 is 0 Å². The molecule has 0 unspecified atom stereocenters. The molecule has 20 heavy (non-hydrogen) atoms. The van der Waals surface area contributed by atoms with Crippen molar-refractivity contribution in [1.82, 2.24) is 15.9 Å². The van der Waals surface area contributed by atoms with Gasteiger partial charge in [-0.3, -0.25) is 30.0 Å². The van der Waals surface area contributed by atoms with Gasteiger partial charge in [0.2, 0.25) is 23.6 Å². The molecular weight excluding hydrogens is 264 g/mol. The zero-order valence-electron chi connectivity index (χ0n) is 11.9. The number of rotatable bonds is 7. The van der Waals surface area contributed by atoms with Crippen molar-refractivity contribution in [2.75, 3.05) is 0 Å². The number of nitrogens with zero attached hydrogens (tertiary/aromatic N) is 1. The number of hydrogen-bond acceptors (Lipinski definition) is 5. The SMILES string of the molecule is CCC(=O)NN(C(=O)CC)C(=O)CCCCC(=O)NN. The highest BCUT2D eigenvalue weighted by Gasteiger charge is 2.21. The van der Waals surface area contributed by atoms with Crippen LogP contribution < -0.4 is 16.7 Å². The second-order valence-corrected chi connectivity index (χ2v) is 4.14. The minimum Gasteiger partial charge on any atom is -0.294 e. The summed E-state index contributed by atoms with van der Waals surface area (Å²) in [5, 5.41) is 0.759. The van der Waals surface area contributed by atoms with E-state index < -0.39 is 17.7 Å². The molecule has 4 N–H and O–H groups in total. The molecule has 0 saturated heterocycles. The van der Waals surface area contributed by atoms with Crippen LogP contribution in [0.4, 0.5) is 0 Å². The maximum absolute atomic E-state index is 11.9. The predicted octanol–water partition coefficient (Wildman–Crippen LogP) is -0.257. The van der Waals surface area contributed by atoms with E-state index in [-0.39, 0.29) is 31.6 Å². The molecule has 8 heteroatoms. The van der Waals surface area contributed by atoms with Crippen molar-refractivity contribution in [3.8, 4) is 0 Å². The molecule has 0 rings (SSSR count). The van der Waals surface area contributed by atoms with E-state index in [1.807, 2.05) is 5.43 Å². The largest absolute Gasteiger partial charge is 0.294 e. The fourth-order valence-electron chi connectivity index (χ4n) is 1.37. The van der Waals surface area contributed by atoms with Crippen molar-refractivity contribution in [3.05, 3.63) is 0 Å². The smallest absolute Gasteiger partial charge is 0.248 e. The highest BCUT2D eigenvalue weighted by molar-refractivity contribution is 5.97. The molecule has 0 heterocycles. The van der Waals surface area contributed by atoms with Crippen molar-refractivity contribution in [1.29, 1.82) is 0 Å². The van der Waals surface area contributed by atoms with E-state index in [1.54, 1.807) is 13.8 Å². The normalized spacial score (nSPS) is 9.75. The van der Waals surface area contributed by atoms with Crippen molar-refractivity contribution < 1.29 is 19.2 Å². The van der Waals surface area contributed by atoms with Crippen LogP contribution in [-0.2, 0) is 19.2 Å². The van der Waals surface area contributed by atoms with Crippen LogP contribution in [0.1, 0.15) is 52.4 Å². The molecule has 0 aromatic rings. The molecule has 0 radical (unpaired) electrons. The Hall–Kier alpha value is -1.96. The van der Waals surface area contributed by atoms with Gasteiger partial charge in [0, 0.05) is 25.7 Å². The molecule has 114 valence electrons. The predicted molar refractivity (Wildman–Crippen MR) is 71.4 cm³/mol. The van der Waals surface area contributed by atoms with Crippen molar-refractivity contribution in [2.45, 2.75) is 52.4 Å². The van der Waals surface area contributed by atoms with Crippen LogP contribution >= 0.6 is 0 Å². The lowest BCUT2D eigenvalue weighted by molar-refractivity contribution is -0.153. The number of nitrogens with one attached hydrogen (secondary N) is 2. The first-order chi connectivity index (χ1) is 9.46. The zero-order valence-corrected chi connectivity index (χ0v) is 11.9. The van der Waals surface area contributed by atoms with E-state index >= 15 is 0 Å². The summed E-state index contributed by atoms with van der Waals surface area (Å²) in [6, 6.07) is 0. The topological polar surface area (TPSA) is 122 Å². The first-order valence-corrected chi connectivity index (χ1v) is 6.60. The average Bonchev–Trinajstić information content (AvgIpc) is 2.47. The van der Waals surface area contributed by atoms with Gasteiger partial charge < -0.3 is 0 Å². The molecule has 0 aromatic carbocycles. The molecule has 0 aliphatic carbocycles. The minimum absolute atomic E-state index is 0.0770. The van der Waals surface area contributed by atoms with Gasteiger partial charge in [0.1, 0.15) is 0 Å². The van der Waals surface area contributed by atoms with E-state index in [0.29, 0.717) is 12.8 Å². The lowest BCUT2D eigenvalue weighted by atomic mass is 10.2. The Morgan fingerprint density at radius 2 is 1.50 bits per heavy atom. The van der Waals surface area contributed by atoms with Gasteiger partial charge in [0.15, 0.2) is 0 Å². The Bertz CT molecular complexity index is 370. The minimum atomic E-state index is -0.480. The third-order valence-electron chi connectivity index (χ3n) is 2.56. The number of carbonyl (C=O) groups is 4. The molecule has 0 aromatic heterocycles. The van der Waals surface area contributed by atoms with Crippen LogP contribution in [0, 0.1) is 0 Å². The average molecular weight is 286 g/mol. The Morgan fingerprint density at radius 3 is 2.00 bits per heavy atom. The number of carbonyl (C=O) groups excluding carboxylic acids is 4. The lowest BCUT2D eigenvalue weighted by Gasteiger charge is -2.20. The van der Waals surface area contributed by atoms with Gasteiger partial charge in [-0.05, 0) is 12.8 Å². The van der Waals surface area contributed by atoms with Gasteiger partial charge in [-0.15, -0.1) is 0 Å². The van der Waals surface area contributed by atoms with E-state index in [0.717, 1.165) is 5.01 Å². The quantitative estimate of drug-likeness (QED) is 0.258. The summed E-state index contributed by atoms with van der Waals surface area (Å²) < 4.78 is 0. The number of unbranched alkanes of at least 4 members (excludes halogenated alkanes) is 1. The Kier molecular flexibility index (Phi) is 8.93. The third kappa shape index (κ3) is 6.83. The number of nitrogens with two attached hydrogens (primary N) is 1. The molecule has 0 aliphatic heterocycles. The number of imide groups is 1. The summed E-state index contributed by atoms with van der Waals surface area (Å²) in [7, 11) is 0. The molecule has 8 nitrogen and oxygen atoms in total. The highest BCUT2D eigenvalue weighted by atomic mass is 16.2. The van der Waals surface area contributed by atoms with Crippen LogP contribution in [0.15, 0.2) is 0 Å². The summed E-state index contributed by atoms with van der Waals surface area (Å²) in [4.78, 5) is 45.6. The summed E-state index contributed by atoms with van der Waals surface area (Å²) in [6.45, 7) is 3.23. The molecule has 0 saturated carbocycles. The van der Waals surface area contributed by atoms with Crippen LogP contribution in [0.3, 0.4) is 0 Å². The molecule has 0 atom stereocenters. The maximum Gasteiger partial charge on any atom is 0.248 e. The summed E-state index contributed by atoms with van der Waals surface area (Å²) >= 11 is 0. The molecule has 0 bridgehead atoms. The second kappa shape index (κ2) is 9.90. The first kappa shape index (κ1) is 18.0. The van der Waals surface area contributed by atoms with Crippen LogP contribution in [0.5, 0.6) is 0 Å². The third-order valence-corrected chi connectivity index (χ3v) is 2.56. The molecule has 0 aliphatic rings. The Labute approximate surface area is 118 Å². The van der Waals surface area contributed by atoms with E-state index in [2.05, 4.69) is 5.43 Å². The van der Waals surface area contributed by atoms with Crippen LogP contribution in [0.25, 0.3) is 0 Å². The summed E-state index contributed by atoms with van der Waals surface area (Å²) in [5.74, 6) is 3.27. The number of hydrogen-bond donors (Lipinski definition) is 3. The van der Waals surface area contributed by atoms with E-state index in [9.17, 15) is 19.2 Å². The van der Waals surface area contributed by atoms with Crippen molar-refractivity contribution in [3.63, 3.8) is 0 Å². The fourth-order valence-corrected chi connectivity index (χ4v) is 1.37. The Morgan fingerprint density at radius 1 is 0.900 bits per heavy atom. The van der Waals surface area contributed by atoms with Gasteiger partial charge in [0.05, 0.1) is 0 Å². The van der Waals surface area contributed by atoms with Crippen molar-refractivity contribution >= 4 is 23.6 Å². The maximum atomic E-state index is 11.9. The van der Waals surface area contributed by atoms with Crippen LogP contribution in [-0.4, -0.2) is 28.6 Å². The van der Waals surface area contributed by atoms with Gasteiger partial charge in [0.25, 0.3) is 0 Å². The van der Waals surface area contributed by atoms with Crippen LogP contribution in [0.2, 0.25) is 0 Å². The van der Waals surface area contributed by atoms with Gasteiger partial charge in [-0.25, -0.2) is 5.84 Å². The number of hydrazine groups is 2. The monoisotopic (exact) mass is 286 g/mol. The summed E-state index contributed by atoms with van der Waals surface area (Å²) in [6.07, 6.45) is 1.50. The van der Waals surface area contributed by atoms with Gasteiger partial charge in [-0.2, -0.15) is 5.01 Å². The lowest BCUT2D eigenvalue weighted by Crippen LogP contribution is -2.49. The molecule has 0 spiro atoms. The molecule has 4 amide bonds. The van der Waals surface area contributed by atoms with Crippen molar-refractivity contribution in [2.24, 2.45) is 5.84 Å². The summed E-state index contributed by atoms with van der Waals surface area (Å²) in [5.41, 5.74) is 4.27. The fraction of sp³-hybridized carbons (Fsp3) is 0.667. The van der Waals surface area contributed by atoms with E-state index in [1.165, 1.54) is 0 Å². The molecular formula is C12H22N4O4. The standard InChI is InChI=1S/C12H22N4O4/c1-3-9(17)15-16(11(19)4-2)12(20)8-6-5-7-10(18)14-13/h3-8,13H2,1-2H3,(H,14,18)(H,15,17). The number of amides is 4. The highest BCUT2D eigenvalue weighted by Crippen LogP contribution is 2.04. The molecule has 0 fully saturated rings.